The van der Waals surface area contributed by atoms with E-state index in [1.54, 1.807) is 6.07 Å². The summed E-state index contributed by atoms with van der Waals surface area (Å²) >= 11 is 0. The maximum Gasteiger partial charge on any atom is 0.320 e. The molecular formula is C30H38N8O2. The number of ether oxygens (including phenoxy) is 1. The Hall–Kier alpha value is -4.05. The van der Waals surface area contributed by atoms with Gasteiger partial charge in [-0.15, -0.1) is 10.2 Å². The molecule has 10 nitrogen and oxygen atoms in total. The van der Waals surface area contributed by atoms with E-state index in [0.29, 0.717) is 11.6 Å². The molecule has 2 amide bonds. The van der Waals surface area contributed by atoms with Crippen LogP contribution in [0.15, 0.2) is 48.7 Å². The van der Waals surface area contributed by atoms with Crippen molar-refractivity contribution in [2.45, 2.75) is 83.9 Å². The van der Waals surface area contributed by atoms with Crippen LogP contribution in [0.5, 0.6) is 5.75 Å². The van der Waals surface area contributed by atoms with E-state index in [2.05, 4.69) is 78.4 Å². The number of fused-ring (bicyclic) bond motifs is 2. The van der Waals surface area contributed by atoms with Crippen molar-refractivity contribution in [2.75, 3.05) is 5.32 Å². The standard InChI is InChI=1S/C30H38N8O2/c1-29(2,3)23-15-24(34-25(16-31)33-23)35-28(39)32-21-12-13-22(20-10-8-7-9-19(20)21)40-18-11-14-26-36-37-27(30(4,5)6)38(26)17-18/h7-11,14-15,17,21-22H,12-13,16,31H2,1-6H3,(H2,32,33,34,35,39)/t21-,22+/m0/s1. The van der Waals surface area contributed by atoms with Gasteiger partial charge in [-0.2, -0.15) is 0 Å². The SMILES string of the molecule is CC(C)(C)c1cc(NC(=O)N[C@H]2CC[C@@H](Oc3ccc4nnc(C(C)(C)C)n4c3)c3ccccc32)nc(CN)n1. The number of rotatable bonds is 5. The molecule has 4 N–H and O–H groups in total. The smallest absolute Gasteiger partial charge is 0.320 e. The number of nitrogens with two attached hydrogens (primary N) is 1. The van der Waals surface area contributed by atoms with Gasteiger partial charge in [-0.05, 0) is 36.1 Å². The molecule has 1 aromatic carbocycles. The molecule has 4 aromatic rings. The van der Waals surface area contributed by atoms with E-state index in [9.17, 15) is 4.79 Å². The number of amides is 2. The summed E-state index contributed by atoms with van der Waals surface area (Å²) in [7, 11) is 0. The first-order valence-electron chi connectivity index (χ1n) is 13.7. The summed E-state index contributed by atoms with van der Waals surface area (Å²) in [5.74, 6) is 2.55. The van der Waals surface area contributed by atoms with Crippen LogP contribution >= 0.6 is 0 Å². The van der Waals surface area contributed by atoms with Gasteiger partial charge in [0.05, 0.1) is 24.5 Å². The molecule has 1 aliphatic rings. The highest BCUT2D eigenvalue weighted by Crippen LogP contribution is 2.39. The lowest BCUT2D eigenvalue weighted by molar-refractivity contribution is 0.171. The third kappa shape index (κ3) is 5.77. The summed E-state index contributed by atoms with van der Waals surface area (Å²) in [5, 5.41) is 14.7. The van der Waals surface area contributed by atoms with Crippen molar-refractivity contribution in [2.24, 2.45) is 5.73 Å². The number of carbonyl (C=O) groups excluding carboxylic acids is 1. The molecule has 0 saturated carbocycles. The Bertz CT molecular complexity index is 1530. The van der Waals surface area contributed by atoms with Crippen molar-refractivity contribution in [3.63, 3.8) is 0 Å². The summed E-state index contributed by atoms with van der Waals surface area (Å²) in [6.45, 7) is 12.7. The number of nitrogens with zero attached hydrogens (tertiary/aromatic N) is 5. The number of hydrogen-bond acceptors (Lipinski definition) is 7. The van der Waals surface area contributed by atoms with Crippen molar-refractivity contribution in [1.82, 2.24) is 29.9 Å². The van der Waals surface area contributed by atoms with Crippen LogP contribution in [0.2, 0.25) is 0 Å². The summed E-state index contributed by atoms with van der Waals surface area (Å²) in [5.41, 5.74) is 9.15. The van der Waals surface area contributed by atoms with E-state index in [4.69, 9.17) is 10.5 Å². The van der Waals surface area contributed by atoms with E-state index in [1.165, 1.54) is 0 Å². The molecule has 5 rings (SSSR count). The quantitative estimate of drug-likeness (QED) is 0.310. The molecule has 1 aliphatic carbocycles. The number of pyridine rings is 1. The summed E-state index contributed by atoms with van der Waals surface area (Å²) in [4.78, 5) is 22.0. The highest BCUT2D eigenvalue weighted by atomic mass is 16.5. The normalized spacial score (nSPS) is 17.4. The number of anilines is 1. The van der Waals surface area contributed by atoms with E-state index in [-0.39, 0.29) is 35.6 Å². The Balaban J connectivity index is 1.33. The minimum absolute atomic E-state index is 0.146. The fourth-order valence-corrected chi connectivity index (χ4v) is 4.99. The van der Waals surface area contributed by atoms with Gasteiger partial charge >= 0.3 is 6.03 Å². The summed E-state index contributed by atoms with van der Waals surface area (Å²) in [6.07, 6.45) is 3.28. The number of benzene rings is 1. The van der Waals surface area contributed by atoms with Crippen molar-refractivity contribution < 1.29 is 9.53 Å². The van der Waals surface area contributed by atoms with Crippen LogP contribution < -0.4 is 21.1 Å². The zero-order valence-corrected chi connectivity index (χ0v) is 24.0. The monoisotopic (exact) mass is 542 g/mol. The minimum Gasteiger partial charge on any atom is -0.484 e. The number of hydrogen-bond donors (Lipinski definition) is 3. The Labute approximate surface area is 234 Å². The van der Waals surface area contributed by atoms with Crippen LogP contribution in [-0.4, -0.2) is 30.6 Å². The molecule has 2 atom stereocenters. The lowest BCUT2D eigenvalue weighted by atomic mass is 9.85. The highest BCUT2D eigenvalue weighted by molar-refractivity contribution is 5.88. The maximum atomic E-state index is 13.1. The molecule has 40 heavy (non-hydrogen) atoms. The van der Waals surface area contributed by atoms with Crippen molar-refractivity contribution in [3.8, 4) is 5.75 Å². The predicted octanol–water partition coefficient (Wildman–Crippen LogP) is 5.35. The second kappa shape index (κ2) is 10.5. The fourth-order valence-electron chi connectivity index (χ4n) is 4.99. The zero-order valence-electron chi connectivity index (χ0n) is 24.0. The lowest BCUT2D eigenvalue weighted by Gasteiger charge is -2.32. The molecule has 3 aromatic heterocycles. The first kappa shape index (κ1) is 27.5. The van der Waals surface area contributed by atoms with Crippen LogP contribution in [0, 0.1) is 0 Å². The molecule has 0 saturated heterocycles. The molecule has 0 radical (unpaired) electrons. The van der Waals surface area contributed by atoms with Crippen LogP contribution in [0.25, 0.3) is 5.65 Å². The number of urea groups is 1. The molecule has 0 aliphatic heterocycles. The van der Waals surface area contributed by atoms with Crippen LogP contribution in [0.4, 0.5) is 10.6 Å². The van der Waals surface area contributed by atoms with Gasteiger partial charge in [-0.3, -0.25) is 9.72 Å². The predicted molar refractivity (Wildman–Crippen MR) is 154 cm³/mol. The van der Waals surface area contributed by atoms with Gasteiger partial charge in [0.15, 0.2) is 5.65 Å². The molecule has 0 spiro atoms. The molecule has 0 bridgehead atoms. The van der Waals surface area contributed by atoms with Gasteiger partial charge in [0, 0.05) is 16.9 Å². The average molecular weight is 543 g/mol. The van der Waals surface area contributed by atoms with E-state index < -0.39 is 0 Å². The Kier molecular flexibility index (Phi) is 7.22. The van der Waals surface area contributed by atoms with Crippen molar-refractivity contribution >= 4 is 17.5 Å². The van der Waals surface area contributed by atoms with Gasteiger partial charge < -0.3 is 15.8 Å². The zero-order chi connectivity index (χ0) is 28.7. The van der Waals surface area contributed by atoms with Gasteiger partial charge in [0.1, 0.15) is 29.3 Å². The third-order valence-electron chi connectivity index (χ3n) is 7.03. The Morgan fingerprint density at radius 3 is 2.45 bits per heavy atom. The number of nitrogens with one attached hydrogen (secondary N) is 2. The highest BCUT2D eigenvalue weighted by Gasteiger charge is 2.30. The number of carbonyl (C=O) groups is 1. The second-order valence-electron chi connectivity index (χ2n) is 12.3. The molecule has 0 fully saturated rings. The van der Waals surface area contributed by atoms with E-state index in [1.807, 2.05) is 40.9 Å². The summed E-state index contributed by atoms with van der Waals surface area (Å²) in [6, 6.07) is 13.3. The van der Waals surface area contributed by atoms with Gasteiger partial charge in [-0.1, -0.05) is 65.8 Å². The largest absolute Gasteiger partial charge is 0.484 e. The van der Waals surface area contributed by atoms with Crippen LogP contribution in [0.3, 0.4) is 0 Å². The first-order valence-corrected chi connectivity index (χ1v) is 13.7. The summed E-state index contributed by atoms with van der Waals surface area (Å²) < 4.78 is 8.51. The van der Waals surface area contributed by atoms with Gasteiger partial charge in [0.2, 0.25) is 0 Å². The molecular weight excluding hydrogens is 504 g/mol. The third-order valence-corrected chi connectivity index (χ3v) is 7.03. The lowest BCUT2D eigenvalue weighted by Crippen LogP contribution is -2.36. The average Bonchev–Trinajstić information content (AvgIpc) is 3.33. The van der Waals surface area contributed by atoms with Gasteiger partial charge in [0.25, 0.3) is 0 Å². The number of aromatic nitrogens is 5. The van der Waals surface area contributed by atoms with Crippen molar-refractivity contribution in [1.29, 1.82) is 0 Å². The van der Waals surface area contributed by atoms with E-state index >= 15 is 0 Å². The molecule has 3 heterocycles. The second-order valence-corrected chi connectivity index (χ2v) is 12.3. The fraction of sp³-hybridized carbons (Fsp3) is 0.433. The first-order chi connectivity index (χ1) is 18.9. The minimum atomic E-state index is -0.325. The molecule has 10 heteroatoms. The van der Waals surface area contributed by atoms with Crippen LogP contribution in [0.1, 0.15) is 95.0 Å². The van der Waals surface area contributed by atoms with Crippen molar-refractivity contribution in [3.05, 3.63) is 77.1 Å². The van der Waals surface area contributed by atoms with E-state index in [0.717, 1.165) is 46.9 Å². The van der Waals surface area contributed by atoms with Gasteiger partial charge in [-0.25, -0.2) is 14.8 Å². The Morgan fingerprint density at radius 1 is 1.00 bits per heavy atom. The van der Waals surface area contributed by atoms with Crippen LogP contribution in [-0.2, 0) is 17.4 Å². The Morgan fingerprint density at radius 2 is 1.75 bits per heavy atom. The maximum absolute atomic E-state index is 13.1. The topological polar surface area (TPSA) is 132 Å². The molecule has 0 unspecified atom stereocenters. The molecule has 210 valence electrons.